The van der Waals surface area contributed by atoms with Crippen LogP contribution in [0.25, 0.3) is 0 Å². The minimum Gasteiger partial charge on any atom is -0.489 e. The van der Waals surface area contributed by atoms with E-state index in [9.17, 15) is 4.39 Å². The average Bonchev–Trinajstić information content (AvgIpc) is 2.33. The van der Waals surface area contributed by atoms with Crippen molar-refractivity contribution in [3.8, 4) is 5.75 Å². The van der Waals surface area contributed by atoms with Crippen LogP contribution in [0.4, 0.5) is 4.39 Å². The Morgan fingerprint density at radius 1 is 1.17 bits per heavy atom. The van der Waals surface area contributed by atoms with E-state index in [0.29, 0.717) is 5.56 Å². The zero-order chi connectivity index (χ0) is 13.1. The molecule has 1 nitrogen and oxygen atoms in total. The lowest BCUT2D eigenvalue weighted by molar-refractivity contribution is 0.298. The number of benzene rings is 2. The van der Waals surface area contributed by atoms with Gasteiger partial charge in [-0.25, -0.2) is 4.39 Å². The molecule has 2 aromatic rings. The third-order valence-electron chi connectivity index (χ3n) is 2.75. The Balaban J connectivity index is 2.14. The Bertz CT molecular complexity index is 566. The molecule has 0 unspecified atom stereocenters. The maximum atomic E-state index is 13.7. The quantitative estimate of drug-likeness (QED) is 0.782. The number of halogens is 2. The van der Waals surface area contributed by atoms with Crippen LogP contribution < -0.4 is 4.74 Å². The van der Waals surface area contributed by atoms with Crippen LogP contribution in [0, 0.1) is 19.7 Å². The molecule has 0 aromatic heterocycles. The van der Waals surface area contributed by atoms with Crippen LogP contribution >= 0.6 is 11.6 Å². The summed E-state index contributed by atoms with van der Waals surface area (Å²) in [6.45, 7) is 4.17. The van der Waals surface area contributed by atoms with Crippen LogP contribution in [-0.2, 0) is 6.61 Å². The Kier molecular flexibility index (Phi) is 3.87. The molecule has 94 valence electrons. The van der Waals surface area contributed by atoms with Gasteiger partial charge in [0.05, 0.1) is 5.02 Å². The van der Waals surface area contributed by atoms with Crippen LogP contribution in [-0.4, -0.2) is 0 Å². The van der Waals surface area contributed by atoms with Crippen molar-refractivity contribution in [1.29, 1.82) is 0 Å². The highest BCUT2D eigenvalue weighted by molar-refractivity contribution is 6.30. The predicted octanol–water partition coefficient (Wildman–Crippen LogP) is 4.67. The smallest absolute Gasteiger partial charge is 0.148 e. The second-order valence-electron chi connectivity index (χ2n) is 4.27. The molecule has 0 heterocycles. The highest BCUT2D eigenvalue weighted by Gasteiger charge is 2.07. The van der Waals surface area contributed by atoms with E-state index in [1.807, 2.05) is 32.0 Å². The largest absolute Gasteiger partial charge is 0.489 e. The van der Waals surface area contributed by atoms with Crippen LogP contribution in [0.2, 0.25) is 5.02 Å². The fourth-order valence-corrected chi connectivity index (χ4v) is 1.97. The van der Waals surface area contributed by atoms with Crippen molar-refractivity contribution in [2.75, 3.05) is 0 Å². The van der Waals surface area contributed by atoms with Gasteiger partial charge in [-0.2, -0.15) is 0 Å². The molecule has 0 aliphatic rings. The third kappa shape index (κ3) is 2.82. The van der Waals surface area contributed by atoms with E-state index >= 15 is 0 Å². The summed E-state index contributed by atoms with van der Waals surface area (Å²) in [6.07, 6.45) is 0. The molecule has 0 atom stereocenters. The minimum absolute atomic E-state index is 0.122. The van der Waals surface area contributed by atoms with Crippen molar-refractivity contribution in [1.82, 2.24) is 0 Å². The van der Waals surface area contributed by atoms with E-state index in [0.717, 1.165) is 11.3 Å². The summed E-state index contributed by atoms with van der Waals surface area (Å²) in [5, 5.41) is 0.122. The fraction of sp³-hybridized carbons (Fsp3) is 0.200. The summed E-state index contributed by atoms with van der Waals surface area (Å²) in [6, 6.07) is 10.8. The first-order valence-corrected chi connectivity index (χ1v) is 6.08. The molecule has 18 heavy (non-hydrogen) atoms. The third-order valence-corrected chi connectivity index (χ3v) is 3.04. The molecule has 0 bridgehead atoms. The van der Waals surface area contributed by atoms with Crippen molar-refractivity contribution in [3.05, 3.63) is 63.9 Å². The van der Waals surface area contributed by atoms with Gasteiger partial charge in [0.15, 0.2) is 0 Å². The Morgan fingerprint density at radius 3 is 2.67 bits per heavy atom. The van der Waals surface area contributed by atoms with Gasteiger partial charge in [-0.3, -0.25) is 0 Å². The monoisotopic (exact) mass is 264 g/mol. The van der Waals surface area contributed by atoms with Crippen molar-refractivity contribution in [3.63, 3.8) is 0 Å². The minimum atomic E-state index is -0.413. The lowest BCUT2D eigenvalue weighted by atomic mass is 10.1. The molecule has 2 aromatic carbocycles. The van der Waals surface area contributed by atoms with Crippen LogP contribution in [0.5, 0.6) is 5.75 Å². The first-order valence-electron chi connectivity index (χ1n) is 5.71. The molecule has 3 heteroatoms. The van der Waals surface area contributed by atoms with E-state index in [4.69, 9.17) is 16.3 Å². The maximum absolute atomic E-state index is 13.7. The van der Waals surface area contributed by atoms with Crippen LogP contribution in [0.15, 0.2) is 36.4 Å². The van der Waals surface area contributed by atoms with Crippen molar-refractivity contribution in [2.24, 2.45) is 0 Å². The zero-order valence-electron chi connectivity index (χ0n) is 10.3. The lowest BCUT2D eigenvalue weighted by Gasteiger charge is -2.10. The summed E-state index contributed by atoms with van der Waals surface area (Å²) in [5.74, 6) is 0.351. The summed E-state index contributed by atoms with van der Waals surface area (Å²) in [7, 11) is 0. The second kappa shape index (κ2) is 5.40. The number of aryl methyl sites for hydroxylation is 2. The summed E-state index contributed by atoms with van der Waals surface area (Å²) in [5.41, 5.74) is 2.67. The average molecular weight is 265 g/mol. The number of ether oxygens (including phenoxy) is 1. The molecule has 0 radical (unpaired) electrons. The Labute approximate surface area is 111 Å². The van der Waals surface area contributed by atoms with Gasteiger partial charge < -0.3 is 4.74 Å². The SMILES string of the molecule is Cc1ccc(OCc2cccc(Cl)c2F)c(C)c1. The Hall–Kier alpha value is -1.54. The van der Waals surface area contributed by atoms with Gasteiger partial charge in [-0.15, -0.1) is 0 Å². The molecule has 0 saturated carbocycles. The molecular formula is C15H14ClFO. The molecule has 0 aliphatic heterocycles. The van der Waals surface area contributed by atoms with Gasteiger partial charge in [0.1, 0.15) is 18.2 Å². The van der Waals surface area contributed by atoms with Gasteiger partial charge in [0.25, 0.3) is 0 Å². The second-order valence-corrected chi connectivity index (χ2v) is 4.68. The van der Waals surface area contributed by atoms with Gasteiger partial charge in [0, 0.05) is 5.56 Å². The van der Waals surface area contributed by atoms with E-state index in [1.54, 1.807) is 12.1 Å². The molecule has 2 rings (SSSR count). The molecule has 0 N–H and O–H groups in total. The fourth-order valence-electron chi connectivity index (χ4n) is 1.78. The van der Waals surface area contributed by atoms with Gasteiger partial charge in [-0.05, 0) is 31.5 Å². The van der Waals surface area contributed by atoms with Crippen molar-refractivity contribution < 1.29 is 9.13 Å². The predicted molar refractivity (Wildman–Crippen MR) is 71.7 cm³/mol. The first-order chi connectivity index (χ1) is 8.58. The topological polar surface area (TPSA) is 9.23 Å². The highest BCUT2D eigenvalue weighted by atomic mass is 35.5. The highest BCUT2D eigenvalue weighted by Crippen LogP contribution is 2.22. The summed E-state index contributed by atoms with van der Waals surface area (Å²) >= 11 is 5.72. The molecule has 0 spiro atoms. The van der Waals surface area contributed by atoms with Crippen LogP contribution in [0.3, 0.4) is 0 Å². The molecule has 0 fully saturated rings. The normalized spacial score (nSPS) is 10.4. The van der Waals surface area contributed by atoms with E-state index < -0.39 is 5.82 Å². The first kappa shape index (κ1) is 12.9. The van der Waals surface area contributed by atoms with Gasteiger partial charge in [-0.1, -0.05) is 41.4 Å². The standard InChI is InChI=1S/C15H14ClFO/c1-10-6-7-14(11(2)8-10)18-9-12-4-3-5-13(16)15(12)17/h3-8H,9H2,1-2H3. The van der Waals surface area contributed by atoms with Crippen molar-refractivity contribution >= 4 is 11.6 Å². The number of hydrogen-bond donors (Lipinski definition) is 0. The van der Waals surface area contributed by atoms with Crippen LogP contribution in [0.1, 0.15) is 16.7 Å². The molecule has 0 amide bonds. The summed E-state index contributed by atoms with van der Waals surface area (Å²) < 4.78 is 19.3. The van der Waals surface area contributed by atoms with Crippen molar-refractivity contribution in [2.45, 2.75) is 20.5 Å². The summed E-state index contributed by atoms with van der Waals surface area (Å²) in [4.78, 5) is 0. The number of hydrogen-bond acceptors (Lipinski definition) is 1. The van der Waals surface area contributed by atoms with E-state index in [1.165, 1.54) is 11.6 Å². The molecule has 0 aliphatic carbocycles. The zero-order valence-corrected chi connectivity index (χ0v) is 11.1. The van der Waals surface area contributed by atoms with Gasteiger partial charge in [0.2, 0.25) is 0 Å². The molecule has 0 saturated heterocycles. The van der Waals surface area contributed by atoms with E-state index in [-0.39, 0.29) is 11.6 Å². The molecular weight excluding hydrogens is 251 g/mol. The lowest BCUT2D eigenvalue weighted by Crippen LogP contribution is -2.00. The van der Waals surface area contributed by atoms with E-state index in [2.05, 4.69) is 0 Å². The Morgan fingerprint density at radius 2 is 1.94 bits per heavy atom. The maximum Gasteiger partial charge on any atom is 0.148 e. The van der Waals surface area contributed by atoms with Gasteiger partial charge >= 0.3 is 0 Å². The number of rotatable bonds is 3.